The lowest BCUT2D eigenvalue weighted by Crippen LogP contribution is -2.12. The summed E-state index contributed by atoms with van der Waals surface area (Å²) in [4.78, 5) is 20.7. The van der Waals surface area contributed by atoms with Gasteiger partial charge in [0.2, 0.25) is 0 Å². The molecule has 0 atom stereocenters. The molecule has 3 N–H and O–H groups in total. The van der Waals surface area contributed by atoms with Gasteiger partial charge in [0.15, 0.2) is 0 Å². The van der Waals surface area contributed by atoms with Crippen LogP contribution in [-0.2, 0) is 12.8 Å². The first-order valence-electron chi connectivity index (χ1n) is 10.3. The van der Waals surface area contributed by atoms with Crippen molar-refractivity contribution in [2.75, 3.05) is 10.6 Å². The Balaban J connectivity index is 1.39. The van der Waals surface area contributed by atoms with Crippen molar-refractivity contribution in [3.05, 3.63) is 95.1 Å². The summed E-state index contributed by atoms with van der Waals surface area (Å²) in [6.45, 7) is 2.00. The Kier molecular flexibility index (Phi) is 6.68. The van der Waals surface area contributed by atoms with Crippen molar-refractivity contribution in [3.8, 4) is 0 Å². The topological polar surface area (TPSA) is 95.6 Å². The van der Waals surface area contributed by atoms with Crippen LogP contribution in [0.2, 0.25) is 0 Å². The monoisotopic (exact) mass is 448 g/mol. The van der Waals surface area contributed by atoms with E-state index in [1.54, 1.807) is 24.7 Å². The summed E-state index contributed by atoms with van der Waals surface area (Å²) in [7, 11) is 0. The zero-order valence-electron chi connectivity index (χ0n) is 17.8. The molecule has 0 bridgehead atoms. The van der Waals surface area contributed by atoms with Gasteiger partial charge in [-0.2, -0.15) is 5.10 Å². The number of aromatic nitrogens is 4. The van der Waals surface area contributed by atoms with Crippen LogP contribution in [0.25, 0.3) is 0 Å². The van der Waals surface area contributed by atoms with E-state index in [1.165, 1.54) is 24.3 Å². The molecule has 1 amide bonds. The van der Waals surface area contributed by atoms with Crippen LogP contribution in [0.15, 0.2) is 67.1 Å². The standard InChI is InChI=1S/C24H22F2N6O/c1-15-5-7-19(29-24(33)18-4-2-3-17(11-18)23(25)26)12-16(15)6-8-20-13-21(32-31-20)30-22-14-27-9-10-28-22/h2-5,7,9-14,23H,6,8H2,1H3,(H,29,33)(H2,28,30,31,32). The van der Waals surface area contributed by atoms with Gasteiger partial charge in [0.25, 0.3) is 12.3 Å². The molecule has 0 radical (unpaired) electrons. The second kappa shape index (κ2) is 9.99. The van der Waals surface area contributed by atoms with Crippen molar-refractivity contribution < 1.29 is 13.6 Å². The number of H-pyrrole nitrogens is 1. The van der Waals surface area contributed by atoms with Gasteiger partial charge in [-0.1, -0.05) is 18.2 Å². The van der Waals surface area contributed by atoms with Crippen molar-refractivity contribution in [3.63, 3.8) is 0 Å². The van der Waals surface area contributed by atoms with Crippen molar-refractivity contribution in [2.24, 2.45) is 0 Å². The number of anilines is 3. The van der Waals surface area contributed by atoms with E-state index in [2.05, 4.69) is 30.8 Å². The molecule has 0 unspecified atom stereocenters. The molecule has 2 aromatic heterocycles. The number of hydrogen-bond donors (Lipinski definition) is 3. The smallest absolute Gasteiger partial charge is 0.263 e. The van der Waals surface area contributed by atoms with Crippen molar-refractivity contribution >= 4 is 23.2 Å². The maximum absolute atomic E-state index is 12.9. The number of aromatic amines is 1. The highest BCUT2D eigenvalue weighted by molar-refractivity contribution is 6.04. The molecule has 0 saturated carbocycles. The average Bonchev–Trinajstić information content (AvgIpc) is 3.27. The number of hydrogen-bond acceptors (Lipinski definition) is 5. The largest absolute Gasteiger partial charge is 0.324 e. The third kappa shape index (κ3) is 5.76. The van der Waals surface area contributed by atoms with Crippen molar-refractivity contribution in [2.45, 2.75) is 26.2 Å². The van der Waals surface area contributed by atoms with Gasteiger partial charge in [-0.3, -0.25) is 14.9 Å². The van der Waals surface area contributed by atoms with Gasteiger partial charge in [-0.05, 0) is 55.2 Å². The highest BCUT2D eigenvalue weighted by Gasteiger charge is 2.12. The second-order valence-corrected chi connectivity index (χ2v) is 7.51. The normalized spacial score (nSPS) is 10.9. The van der Waals surface area contributed by atoms with Gasteiger partial charge < -0.3 is 10.6 Å². The fourth-order valence-corrected chi connectivity index (χ4v) is 3.36. The maximum atomic E-state index is 12.9. The third-order valence-electron chi connectivity index (χ3n) is 5.12. The zero-order valence-corrected chi connectivity index (χ0v) is 17.8. The summed E-state index contributed by atoms with van der Waals surface area (Å²) in [6.07, 6.45) is 3.60. The van der Waals surface area contributed by atoms with E-state index in [9.17, 15) is 13.6 Å². The number of alkyl halides is 2. The minimum atomic E-state index is -2.62. The molecule has 0 fully saturated rings. The second-order valence-electron chi connectivity index (χ2n) is 7.51. The molecule has 2 aromatic carbocycles. The maximum Gasteiger partial charge on any atom is 0.263 e. The first-order valence-corrected chi connectivity index (χ1v) is 10.3. The van der Waals surface area contributed by atoms with E-state index in [0.29, 0.717) is 30.2 Å². The molecular weight excluding hydrogens is 426 g/mol. The summed E-state index contributed by atoms with van der Waals surface area (Å²) in [5.41, 5.74) is 3.63. The molecule has 9 heteroatoms. The average molecular weight is 448 g/mol. The van der Waals surface area contributed by atoms with Gasteiger partial charge in [-0.25, -0.2) is 13.8 Å². The van der Waals surface area contributed by atoms with Crippen LogP contribution >= 0.6 is 0 Å². The highest BCUT2D eigenvalue weighted by Crippen LogP contribution is 2.22. The van der Waals surface area contributed by atoms with E-state index in [-0.39, 0.29) is 11.1 Å². The number of nitrogens with zero attached hydrogens (tertiary/aromatic N) is 3. The molecule has 2 heterocycles. The molecule has 0 saturated heterocycles. The summed E-state index contributed by atoms with van der Waals surface area (Å²) < 4.78 is 25.8. The van der Waals surface area contributed by atoms with Crippen LogP contribution in [0, 0.1) is 6.92 Å². The number of rotatable bonds is 8. The fourth-order valence-electron chi connectivity index (χ4n) is 3.36. The van der Waals surface area contributed by atoms with Crippen LogP contribution in [0.1, 0.15) is 39.2 Å². The van der Waals surface area contributed by atoms with E-state index >= 15 is 0 Å². The highest BCUT2D eigenvalue weighted by atomic mass is 19.3. The minimum Gasteiger partial charge on any atom is -0.324 e. The van der Waals surface area contributed by atoms with Crippen LogP contribution in [0.4, 0.5) is 26.1 Å². The number of carbonyl (C=O) groups excluding carboxylic acids is 1. The van der Waals surface area contributed by atoms with Crippen molar-refractivity contribution in [1.29, 1.82) is 0 Å². The molecule has 0 aliphatic heterocycles. The van der Waals surface area contributed by atoms with E-state index in [1.807, 2.05) is 25.1 Å². The Morgan fingerprint density at radius 3 is 2.76 bits per heavy atom. The lowest BCUT2D eigenvalue weighted by atomic mass is 10.0. The number of nitrogens with one attached hydrogen (secondary N) is 3. The molecule has 0 aliphatic rings. The first-order chi connectivity index (χ1) is 16.0. The molecule has 4 aromatic rings. The van der Waals surface area contributed by atoms with Gasteiger partial charge in [0.1, 0.15) is 11.6 Å². The number of aryl methyl sites for hydroxylation is 3. The van der Waals surface area contributed by atoms with Gasteiger partial charge in [0.05, 0.1) is 11.9 Å². The van der Waals surface area contributed by atoms with Crippen molar-refractivity contribution in [1.82, 2.24) is 20.2 Å². The molecule has 4 rings (SSSR count). The van der Waals surface area contributed by atoms with Gasteiger partial charge >= 0.3 is 0 Å². The number of amides is 1. The Bertz CT molecular complexity index is 1240. The van der Waals surface area contributed by atoms with Crippen LogP contribution in [0.5, 0.6) is 0 Å². The summed E-state index contributed by atoms with van der Waals surface area (Å²) in [5.74, 6) is 0.902. The van der Waals surface area contributed by atoms with Crippen LogP contribution < -0.4 is 10.6 Å². The van der Waals surface area contributed by atoms with Crippen LogP contribution in [-0.4, -0.2) is 26.1 Å². The summed E-state index contributed by atoms with van der Waals surface area (Å²) in [5, 5.41) is 13.2. The predicted molar refractivity (Wildman–Crippen MR) is 122 cm³/mol. The molecule has 0 spiro atoms. The molecule has 33 heavy (non-hydrogen) atoms. The fraction of sp³-hybridized carbons (Fsp3) is 0.167. The van der Waals surface area contributed by atoms with E-state index in [4.69, 9.17) is 0 Å². The summed E-state index contributed by atoms with van der Waals surface area (Å²) >= 11 is 0. The van der Waals surface area contributed by atoms with Gasteiger partial charge in [0, 0.05) is 35.3 Å². The lowest BCUT2D eigenvalue weighted by molar-refractivity contribution is 0.102. The Morgan fingerprint density at radius 2 is 1.97 bits per heavy atom. The predicted octanol–water partition coefficient (Wildman–Crippen LogP) is 5.23. The Hall–Kier alpha value is -4.14. The molecular formula is C24H22F2N6O. The quantitative estimate of drug-likeness (QED) is 0.343. The number of halogens is 2. The molecule has 0 aliphatic carbocycles. The number of benzene rings is 2. The molecule has 168 valence electrons. The molecule has 7 nitrogen and oxygen atoms in total. The Morgan fingerprint density at radius 1 is 1.09 bits per heavy atom. The SMILES string of the molecule is Cc1ccc(NC(=O)c2cccc(C(F)F)c2)cc1CCc1cc(Nc2cnccn2)[nH]n1. The Labute approximate surface area is 189 Å². The zero-order chi connectivity index (χ0) is 23.2. The van der Waals surface area contributed by atoms with E-state index in [0.717, 1.165) is 16.8 Å². The first kappa shape index (κ1) is 22.1. The third-order valence-corrected chi connectivity index (χ3v) is 5.12. The number of carbonyl (C=O) groups is 1. The summed E-state index contributed by atoms with van der Waals surface area (Å²) in [6, 6.07) is 13.0. The van der Waals surface area contributed by atoms with E-state index < -0.39 is 12.3 Å². The minimum absolute atomic E-state index is 0.181. The van der Waals surface area contributed by atoms with Crippen LogP contribution in [0.3, 0.4) is 0 Å². The van der Waals surface area contributed by atoms with Gasteiger partial charge in [-0.15, -0.1) is 0 Å². The lowest BCUT2D eigenvalue weighted by Gasteiger charge is -2.11.